The zero-order chi connectivity index (χ0) is 13.7. The lowest BCUT2D eigenvalue weighted by Gasteiger charge is -2.16. The monoisotopic (exact) mass is 263 g/mol. The van der Waals surface area contributed by atoms with E-state index >= 15 is 0 Å². The number of furan rings is 1. The number of aliphatic hydroxyl groups excluding tert-OH is 1. The zero-order valence-electron chi connectivity index (χ0n) is 10.8. The summed E-state index contributed by atoms with van der Waals surface area (Å²) in [5, 5.41) is 13.2. The Morgan fingerprint density at radius 2 is 2.16 bits per heavy atom. The highest BCUT2D eigenvalue weighted by molar-refractivity contribution is 5.19. The van der Waals surface area contributed by atoms with Gasteiger partial charge in [-0.2, -0.15) is 0 Å². The number of benzene rings is 1. The van der Waals surface area contributed by atoms with E-state index in [1.807, 2.05) is 19.1 Å². The smallest absolute Gasteiger partial charge is 0.123 e. The molecule has 3 nitrogen and oxygen atoms in total. The molecule has 0 bridgehead atoms. The number of halogens is 1. The first-order chi connectivity index (χ1) is 9.15. The topological polar surface area (TPSA) is 45.4 Å². The van der Waals surface area contributed by atoms with Crippen LogP contribution in [0.2, 0.25) is 0 Å². The van der Waals surface area contributed by atoms with Crippen LogP contribution in [0.4, 0.5) is 4.39 Å². The van der Waals surface area contributed by atoms with Gasteiger partial charge in [-0.1, -0.05) is 12.1 Å². The Balaban J connectivity index is 1.81. The Morgan fingerprint density at radius 1 is 1.32 bits per heavy atom. The minimum absolute atomic E-state index is 0.175. The predicted octanol–water partition coefficient (Wildman–Crippen LogP) is 2.67. The summed E-state index contributed by atoms with van der Waals surface area (Å²) in [6.07, 6.45) is 1.68. The fraction of sp³-hybridized carbons (Fsp3) is 0.333. The van der Waals surface area contributed by atoms with Gasteiger partial charge in [0.05, 0.1) is 12.4 Å². The molecule has 2 rings (SSSR count). The summed E-state index contributed by atoms with van der Waals surface area (Å²) in [6.45, 7) is 2.39. The molecule has 102 valence electrons. The Hall–Kier alpha value is -1.65. The van der Waals surface area contributed by atoms with Crippen LogP contribution in [-0.2, 0) is 6.42 Å². The van der Waals surface area contributed by atoms with E-state index in [1.165, 1.54) is 12.1 Å². The van der Waals surface area contributed by atoms with E-state index < -0.39 is 6.10 Å². The van der Waals surface area contributed by atoms with Crippen molar-refractivity contribution < 1.29 is 13.9 Å². The molecular weight excluding hydrogens is 245 g/mol. The van der Waals surface area contributed by atoms with Crippen molar-refractivity contribution in [1.29, 1.82) is 0 Å². The molecule has 2 atom stereocenters. The third-order valence-electron chi connectivity index (χ3n) is 2.98. The molecule has 0 saturated heterocycles. The highest BCUT2D eigenvalue weighted by Gasteiger charge is 2.11. The number of hydrogen-bond acceptors (Lipinski definition) is 3. The Morgan fingerprint density at radius 3 is 2.84 bits per heavy atom. The van der Waals surface area contributed by atoms with Gasteiger partial charge in [0.1, 0.15) is 11.6 Å². The third-order valence-corrected chi connectivity index (χ3v) is 2.98. The van der Waals surface area contributed by atoms with Crippen LogP contribution >= 0.6 is 0 Å². The number of rotatable bonds is 6. The van der Waals surface area contributed by atoms with Crippen LogP contribution in [0.1, 0.15) is 24.4 Å². The van der Waals surface area contributed by atoms with Crippen molar-refractivity contribution >= 4 is 0 Å². The van der Waals surface area contributed by atoms with Crippen molar-refractivity contribution in [3.8, 4) is 0 Å². The second kappa shape index (κ2) is 6.50. The van der Waals surface area contributed by atoms with Crippen LogP contribution < -0.4 is 5.32 Å². The lowest BCUT2D eigenvalue weighted by Crippen LogP contribution is -2.31. The summed E-state index contributed by atoms with van der Waals surface area (Å²) in [5.74, 6) is 0.570. The van der Waals surface area contributed by atoms with E-state index in [9.17, 15) is 9.50 Å². The fourth-order valence-corrected chi connectivity index (χ4v) is 1.95. The largest absolute Gasteiger partial charge is 0.469 e. The summed E-state index contributed by atoms with van der Waals surface area (Å²) in [4.78, 5) is 0. The number of aliphatic hydroxyl groups is 1. The van der Waals surface area contributed by atoms with Gasteiger partial charge in [0.2, 0.25) is 0 Å². The first-order valence-electron chi connectivity index (χ1n) is 6.34. The molecule has 0 spiro atoms. The minimum Gasteiger partial charge on any atom is -0.469 e. The van der Waals surface area contributed by atoms with Gasteiger partial charge in [0.25, 0.3) is 0 Å². The van der Waals surface area contributed by atoms with E-state index in [-0.39, 0.29) is 11.9 Å². The van der Waals surface area contributed by atoms with Crippen molar-refractivity contribution in [3.05, 3.63) is 59.8 Å². The van der Waals surface area contributed by atoms with E-state index in [0.29, 0.717) is 12.1 Å². The molecule has 0 aliphatic carbocycles. The molecule has 1 aromatic heterocycles. The van der Waals surface area contributed by atoms with Crippen molar-refractivity contribution in [2.45, 2.75) is 25.5 Å². The second-order valence-corrected chi connectivity index (χ2v) is 4.66. The first-order valence-corrected chi connectivity index (χ1v) is 6.34. The van der Waals surface area contributed by atoms with Gasteiger partial charge >= 0.3 is 0 Å². The summed E-state index contributed by atoms with van der Waals surface area (Å²) in [7, 11) is 0. The molecule has 0 saturated carbocycles. The van der Waals surface area contributed by atoms with Gasteiger partial charge in [-0.05, 0) is 36.8 Å². The summed E-state index contributed by atoms with van der Waals surface area (Å²) < 4.78 is 18.3. The van der Waals surface area contributed by atoms with E-state index in [4.69, 9.17) is 4.42 Å². The lowest BCUT2D eigenvalue weighted by molar-refractivity contribution is 0.169. The molecule has 2 unspecified atom stereocenters. The average Bonchev–Trinajstić information content (AvgIpc) is 2.88. The molecule has 0 radical (unpaired) electrons. The molecule has 2 aromatic rings. The first kappa shape index (κ1) is 13.8. The van der Waals surface area contributed by atoms with Crippen LogP contribution in [0.3, 0.4) is 0 Å². The van der Waals surface area contributed by atoms with Gasteiger partial charge in [-0.25, -0.2) is 4.39 Å². The van der Waals surface area contributed by atoms with Crippen molar-refractivity contribution in [2.24, 2.45) is 0 Å². The third kappa shape index (κ3) is 4.19. The maximum atomic E-state index is 13.0. The van der Waals surface area contributed by atoms with Crippen LogP contribution in [-0.4, -0.2) is 17.7 Å². The Labute approximate surface area is 112 Å². The van der Waals surface area contributed by atoms with Gasteiger partial charge in [-0.15, -0.1) is 0 Å². The van der Waals surface area contributed by atoms with Crippen LogP contribution in [0.25, 0.3) is 0 Å². The van der Waals surface area contributed by atoms with Crippen molar-refractivity contribution in [2.75, 3.05) is 6.54 Å². The van der Waals surface area contributed by atoms with Gasteiger partial charge in [0, 0.05) is 19.0 Å². The average molecular weight is 263 g/mol. The normalized spacial score (nSPS) is 14.3. The standard InChI is InChI=1S/C15H18FNO2/c1-11(8-14-6-3-7-19-14)17-10-15(18)12-4-2-5-13(16)9-12/h2-7,9,11,15,17-18H,8,10H2,1H3. The van der Waals surface area contributed by atoms with Crippen LogP contribution in [0, 0.1) is 5.82 Å². The van der Waals surface area contributed by atoms with Gasteiger partial charge < -0.3 is 14.8 Å². The van der Waals surface area contributed by atoms with E-state index in [0.717, 1.165) is 12.2 Å². The second-order valence-electron chi connectivity index (χ2n) is 4.66. The molecule has 0 aliphatic rings. The van der Waals surface area contributed by atoms with Gasteiger partial charge in [0.15, 0.2) is 0 Å². The van der Waals surface area contributed by atoms with E-state index in [1.54, 1.807) is 18.4 Å². The molecule has 1 heterocycles. The molecule has 0 fully saturated rings. The SMILES string of the molecule is CC(Cc1ccco1)NCC(O)c1cccc(F)c1. The highest BCUT2D eigenvalue weighted by atomic mass is 19.1. The Kier molecular flexibility index (Phi) is 4.71. The van der Waals surface area contributed by atoms with E-state index in [2.05, 4.69) is 5.32 Å². The minimum atomic E-state index is -0.713. The quantitative estimate of drug-likeness (QED) is 0.842. The molecular formula is C15H18FNO2. The maximum Gasteiger partial charge on any atom is 0.123 e. The predicted molar refractivity (Wildman–Crippen MR) is 71.2 cm³/mol. The molecule has 1 aromatic carbocycles. The van der Waals surface area contributed by atoms with Gasteiger partial charge in [-0.3, -0.25) is 0 Å². The molecule has 19 heavy (non-hydrogen) atoms. The van der Waals surface area contributed by atoms with Crippen molar-refractivity contribution in [1.82, 2.24) is 5.32 Å². The number of nitrogens with one attached hydrogen (secondary N) is 1. The van der Waals surface area contributed by atoms with Crippen LogP contribution in [0.5, 0.6) is 0 Å². The summed E-state index contributed by atoms with van der Waals surface area (Å²) in [5.41, 5.74) is 0.581. The maximum absolute atomic E-state index is 13.0. The Bertz CT molecular complexity index is 499. The highest BCUT2D eigenvalue weighted by Crippen LogP contribution is 2.13. The molecule has 4 heteroatoms. The lowest BCUT2D eigenvalue weighted by atomic mass is 10.1. The summed E-state index contributed by atoms with van der Waals surface area (Å²) >= 11 is 0. The molecule has 0 aliphatic heterocycles. The molecule has 2 N–H and O–H groups in total. The van der Waals surface area contributed by atoms with Crippen LogP contribution in [0.15, 0.2) is 47.1 Å². The number of hydrogen-bond donors (Lipinski definition) is 2. The van der Waals surface area contributed by atoms with Crippen molar-refractivity contribution in [3.63, 3.8) is 0 Å². The zero-order valence-corrected chi connectivity index (χ0v) is 10.8. The molecule has 0 amide bonds. The fourth-order valence-electron chi connectivity index (χ4n) is 1.95. The summed E-state index contributed by atoms with van der Waals surface area (Å²) in [6, 6.07) is 9.97.